The Bertz CT molecular complexity index is 1240. The second kappa shape index (κ2) is 7.30. The van der Waals surface area contributed by atoms with Crippen LogP contribution in [0.4, 0.5) is 0 Å². The van der Waals surface area contributed by atoms with Crippen LogP contribution in [0.2, 0.25) is 0 Å². The molecule has 0 bridgehead atoms. The van der Waals surface area contributed by atoms with Gasteiger partial charge in [-0.3, -0.25) is 0 Å². The lowest BCUT2D eigenvalue weighted by atomic mass is 9.74. The van der Waals surface area contributed by atoms with Crippen molar-refractivity contribution in [1.82, 2.24) is 4.98 Å². The zero-order chi connectivity index (χ0) is 19.5. The molecule has 0 saturated carbocycles. The maximum absolute atomic E-state index is 6.20. The van der Waals surface area contributed by atoms with Gasteiger partial charge in [0.15, 0.2) is 5.58 Å². The van der Waals surface area contributed by atoms with Crippen LogP contribution in [0.25, 0.3) is 11.1 Å². The smallest absolute Gasteiger partial charge is 0.210 e. The molecule has 2 nitrogen and oxygen atoms in total. The molecule has 0 aliphatic heterocycles. The van der Waals surface area contributed by atoms with Gasteiger partial charge in [0.1, 0.15) is 5.52 Å². The number of fused-ring (bicyclic) bond motifs is 1. The van der Waals surface area contributed by atoms with Gasteiger partial charge in [0.25, 0.3) is 0 Å². The molecule has 1 aromatic heterocycles. The van der Waals surface area contributed by atoms with Gasteiger partial charge >= 0.3 is 0 Å². The first kappa shape index (κ1) is 17.3. The summed E-state index contributed by atoms with van der Waals surface area (Å²) >= 11 is 0. The molecule has 1 aliphatic rings. The standard InChI is InChI=1S/C27H19NO/c1-3-9-21(10-4-1)15-16-22-17-19-27(20-18-22,23-11-5-2-6-12-23)26-28-24-13-7-8-14-25(24)29-26/h1-14,17-19H,20H2. The van der Waals surface area contributed by atoms with E-state index >= 15 is 0 Å². The van der Waals surface area contributed by atoms with Crippen molar-refractivity contribution in [3.8, 4) is 11.8 Å². The van der Waals surface area contributed by atoms with Crippen molar-refractivity contribution in [1.29, 1.82) is 0 Å². The number of hydrogen-bond donors (Lipinski definition) is 0. The van der Waals surface area contributed by atoms with Crippen LogP contribution in [0, 0.1) is 11.8 Å². The van der Waals surface area contributed by atoms with E-state index in [1.807, 2.05) is 60.7 Å². The second-order valence-electron chi connectivity index (χ2n) is 7.14. The fraction of sp³-hybridized carbons (Fsp3) is 0.0741. The Kier molecular flexibility index (Phi) is 4.35. The third-order valence-electron chi connectivity index (χ3n) is 5.28. The molecule has 0 spiro atoms. The summed E-state index contributed by atoms with van der Waals surface area (Å²) in [7, 11) is 0. The Balaban J connectivity index is 1.55. The highest BCUT2D eigenvalue weighted by Crippen LogP contribution is 2.41. The summed E-state index contributed by atoms with van der Waals surface area (Å²) in [6.07, 6.45) is 7.19. The molecule has 3 aromatic carbocycles. The Labute approximate surface area is 170 Å². The lowest BCUT2D eigenvalue weighted by molar-refractivity contribution is 0.440. The van der Waals surface area contributed by atoms with Crippen LogP contribution < -0.4 is 0 Å². The quantitative estimate of drug-likeness (QED) is 0.400. The molecule has 138 valence electrons. The van der Waals surface area contributed by atoms with Crippen LogP contribution in [0.1, 0.15) is 23.4 Å². The molecular weight excluding hydrogens is 354 g/mol. The largest absolute Gasteiger partial charge is 0.439 e. The molecule has 0 radical (unpaired) electrons. The molecule has 5 rings (SSSR count). The summed E-state index contributed by atoms with van der Waals surface area (Å²) in [5.41, 5.74) is 4.44. The molecule has 2 heteroatoms. The van der Waals surface area contributed by atoms with Gasteiger partial charge in [-0.2, -0.15) is 0 Å². The molecule has 29 heavy (non-hydrogen) atoms. The Morgan fingerprint density at radius 3 is 2.24 bits per heavy atom. The van der Waals surface area contributed by atoms with Crippen molar-refractivity contribution >= 4 is 11.1 Å². The number of allylic oxidation sites excluding steroid dienone is 4. The summed E-state index contributed by atoms with van der Waals surface area (Å²) in [5, 5.41) is 0. The zero-order valence-corrected chi connectivity index (χ0v) is 15.9. The Morgan fingerprint density at radius 1 is 0.793 bits per heavy atom. The molecule has 0 saturated heterocycles. The maximum atomic E-state index is 6.20. The van der Waals surface area contributed by atoms with Crippen molar-refractivity contribution < 1.29 is 4.42 Å². The van der Waals surface area contributed by atoms with Crippen LogP contribution in [0.15, 0.2) is 113 Å². The minimum absolute atomic E-state index is 0.432. The van der Waals surface area contributed by atoms with Crippen molar-refractivity contribution in [2.75, 3.05) is 0 Å². The van der Waals surface area contributed by atoms with E-state index in [-0.39, 0.29) is 0 Å². The van der Waals surface area contributed by atoms with Gasteiger partial charge in [-0.05, 0) is 42.3 Å². The van der Waals surface area contributed by atoms with Gasteiger partial charge in [0.05, 0.1) is 5.41 Å². The third kappa shape index (κ3) is 3.28. The van der Waals surface area contributed by atoms with Crippen molar-refractivity contribution in [2.24, 2.45) is 0 Å². The van der Waals surface area contributed by atoms with Crippen LogP contribution in [-0.4, -0.2) is 4.98 Å². The van der Waals surface area contributed by atoms with E-state index in [4.69, 9.17) is 9.40 Å². The lowest BCUT2D eigenvalue weighted by Gasteiger charge is -2.29. The average Bonchev–Trinajstić information content (AvgIpc) is 3.24. The zero-order valence-electron chi connectivity index (χ0n) is 15.9. The van der Waals surface area contributed by atoms with E-state index < -0.39 is 5.41 Å². The van der Waals surface area contributed by atoms with Gasteiger partial charge in [0.2, 0.25) is 5.89 Å². The molecule has 1 atom stereocenters. The van der Waals surface area contributed by atoms with E-state index in [1.165, 1.54) is 0 Å². The van der Waals surface area contributed by atoms with E-state index in [0.717, 1.165) is 34.2 Å². The van der Waals surface area contributed by atoms with Gasteiger partial charge in [-0.1, -0.05) is 84.7 Å². The molecule has 0 amide bonds. The topological polar surface area (TPSA) is 26.0 Å². The van der Waals surface area contributed by atoms with E-state index in [0.29, 0.717) is 5.89 Å². The Morgan fingerprint density at radius 2 is 1.52 bits per heavy atom. The number of hydrogen-bond acceptors (Lipinski definition) is 2. The molecular formula is C27H19NO. The predicted molar refractivity (Wildman–Crippen MR) is 116 cm³/mol. The van der Waals surface area contributed by atoms with Crippen molar-refractivity contribution in [2.45, 2.75) is 11.8 Å². The van der Waals surface area contributed by atoms with Crippen molar-refractivity contribution in [3.05, 3.63) is 126 Å². The van der Waals surface area contributed by atoms with Gasteiger partial charge in [-0.25, -0.2) is 4.98 Å². The average molecular weight is 373 g/mol. The number of benzene rings is 3. The molecule has 4 aromatic rings. The fourth-order valence-corrected chi connectivity index (χ4v) is 3.69. The first-order chi connectivity index (χ1) is 14.3. The van der Waals surface area contributed by atoms with Crippen molar-refractivity contribution in [3.63, 3.8) is 0 Å². The second-order valence-corrected chi connectivity index (χ2v) is 7.14. The molecule has 1 unspecified atom stereocenters. The number of para-hydroxylation sites is 2. The molecule has 1 aliphatic carbocycles. The minimum Gasteiger partial charge on any atom is -0.439 e. The molecule has 0 N–H and O–H groups in total. The first-order valence-electron chi connectivity index (χ1n) is 9.72. The fourth-order valence-electron chi connectivity index (χ4n) is 3.69. The predicted octanol–water partition coefficient (Wildman–Crippen LogP) is 6.05. The summed E-state index contributed by atoms with van der Waals surface area (Å²) in [6, 6.07) is 28.4. The number of nitrogens with zero attached hydrogens (tertiary/aromatic N) is 1. The van der Waals surface area contributed by atoms with E-state index in [2.05, 4.69) is 54.3 Å². The molecule has 0 fully saturated rings. The number of oxazole rings is 1. The first-order valence-corrected chi connectivity index (χ1v) is 9.72. The van der Waals surface area contributed by atoms with Crippen LogP contribution in [0.5, 0.6) is 0 Å². The normalized spacial score (nSPS) is 18.1. The minimum atomic E-state index is -0.432. The van der Waals surface area contributed by atoms with E-state index in [9.17, 15) is 0 Å². The third-order valence-corrected chi connectivity index (χ3v) is 5.28. The Hall–Kier alpha value is -3.83. The lowest BCUT2D eigenvalue weighted by Crippen LogP contribution is -2.26. The van der Waals surface area contributed by atoms with E-state index in [1.54, 1.807) is 0 Å². The maximum Gasteiger partial charge on any atom is 0.210 e. The van der Waals surface area contributed by atoms with Crippen LogP contribution >= 0.6 is 0 Å². The highest BCUT2D eigenvalue weighted by molar-refractivity contribution is 5.73. The SMILES string of the molecule is C(#Cc1ccccc1)C1=CCC(c2ccccc2)(c2nc3ccccc3o2)C=C1. The summed E-state index contributed by atoms with van der Waals surface area (Å²) < 4.78 is 6.20. The van der Waals surface area contributed by atoms with Gasteiger partial charge in [0, 0.05) is 11.1 Å². The summed E-state index contributed by atoms with van der Waals surface area (Å²) in [4.78, 5) is 4.82. The monoisotopic (exact) mass is 373 g/mol. The highest BCUT2D eigenvalue weighted by Gasteiger charge is 2.37. The number of aromatic nitrogens is 1. The van der Waals surface area contributed by atoms with Crippen LogP contribution in [0.3, 0.4) is 0 Å². The molecule has 1 heterocycles. The summed E-state index contributed by atoms with van der Waals surface area (Å²) in [6.45, 7) is 0. The van der Waals surface area contributed by atoms with Gasteiger partial charge < -0.3 is 4.42 Å². The highest BCUT2D eigenvalue weighted by atomic mass is 16.3. The summed E-state index contributed by atoms with van der Waals surface area (Å²) in [5.74, 6) is 7.23. The number of rotatable bonds is 2. The van der Waals surface area contributed by atoms with Crippen LogP contribution in [-0.2, 0) is 5.41 Å². The van der Waals surface area contributed by atoms with Gasteiger partial charge in [-0.15, -0.1) is 0 Å².